The molecule has 0 bridgehead atoms. The molecule has 2 aromatic rings. The van der Waals surface area contributed by atoms with Gasteiger partial charge in [0.2, 0.25) is 0 Å². The Balaban J connectivity index is 1.86. The monoisotopic (exact) mass is 271 g/mol. The van der Waals surface area contributed by atoms with E-state index in [0.717, 1.165) is 19.6 Å². The lowest BCUT2D eigenvalue weighted by Gasteiger charge is -2.34. The SMILES string of the molecule is C[C@H]1CNCCN1C(=O)c1ccnc(-n2ccnc2)c1. The average Bonchev–Trinajstić information content (AvgIpc) is 3.01. The molecule has 1 aliphatic rings. The van der Waals surface area contributed by atoms with Crippen LogP contribution in [-0.2, 0) is 0 Å². The number of hydrogen-bond acceptors (Lipinski definition) is 4. The Labute approximate surface area is 117 Å². The summed E-state index contributed by atoms with van der Waals surface area (Å²) in [7, 11) is 0. The molecule has 6 nitrogen and oxygen atoms in total. The van der Waals surface area contributed by atoms with Crippen molar-refractivity contribution >= 4 is 5.91 Å². The third kappa shape index (κ3) is 2.42. The molecule has 3 heterocycles. The highest BCUT2D eigenvalue weighted by molar-refractivity contribution is 5.94. The quantitative estimate of drug-likeness (QED) is 0.873. The number of aromatic nitrogens is 3. The highest BCUT2D eigenvalue weighted by Crippen LogP contribution is 2.12. The van der Waals surface area contributed by atoms with Gasteiger partial charge in [-0.1, -0.05) is 0 Å². The maximum absolute atomic E-state index is 12.6. The number of rotatable bonds is 2. The van der Waals surface area contributed by atoms with Gasteiger partial charge in [-0.05, 0) is 19.1 Å². The van der Waals surface area contributed by atoms with Gasteiger partial charge in [0.1, 0.15) is 12.1 Å². The molecule has 1 fully saturated rings. The lowest BCUT2D eigenvalue weighted by Crippen LogP contribution is -2.52. The zero-order valence-electron chi connectivity index (χ0n) is 11.4. The van der Waals surface area contributed by atoms with Crippen molar-refractivity contribution in [3.63, 3.8) is 0 Å². The molecule has 20 heavy (non-hydrogen) atoms. The van der Waals surface area contributed by atoms with Gasteiger partial charge in [0, 0.05) is 49.8 Å². The molecule has 0 radical (unpaired) electrons. The van der Waals surface area contributed by atoms with Crippen molar-refractivity contribution in [2.24, 2.45) is 0 Å². The number of pyridine rings is 1. The molecule has 0 unspecified atom stereocenters. The van der Waals surface area contributed by atoms with Gasteiger partial charge in [0.25, 0.3) is 5.91 Å². The second kappa shape index (κ2) is 5.42. The predicted octanol–water partition coefficient (Wildman–Crippen LogP) is 0.701. The predicted molar refractivity (Wildman–Crippen MR) is 74.7 cm³/mol. The van der Waals surface area contributed by atoms with Crippen LogP contribution < -0.4 is 5.32 Å². The zero-order valence-corrected chi connectivity index (χ0v) is 11.4. The van der Waals surface area contributed by atoms with Crippen LogP contribution >= 0.6 is 0 Å². The Bertz CT molecular complexity index is 595. The summed E-state index contributed by atoms with van der Waals surface area (Å²) in [5, 5.41) is 3.29. The van der Waals surface area contributed by atoms with Gasteiger partial charge in [-0.25, -0.2) is 9.97 Å². The smallest absolute Gasteiger partial charge is 0.254 e. The minimum Gasteiger partial charge on any atom is -0.333 e. The van der Waals surface area contributed by atoms with Crippen LogP contribution in [0.15, 0.2) is 37.1 Å². The largest absolute Gasteiger partial charge is 0.333 e. The number of nitrogens with zero attached hydrogens (tertiary/aromatic N) is 4. The van der Waals surface area contributed by atoms with E-state index >= 15 is 0 Å². The van der Waals surface area contributed by atoms with Gasteiger partial charge >= 0.3 is 0 Å². The number of piperazine rings is 1. The number of imidazole rings is 1. The van der Waals surface area contributed by atoms with Crippen LogP contribution in [0.1, 0.15) is 17.3 Å². The molecule has 3 rings (SSSR count). The first kappa shape index (κ1) is 12.8. The van der Waals surface area contributed by atoms with Gasteiger partial charge in [0.15, 0.2) is 0 Å². The van der Waals surface area contributed by atoms with Gasteiger partial charge < -0.3 is 10.2 Å². The Hall–Kier alpha value is -2.21. The Morgan fingerprint density at radius 2 is 2.35 bits per heavy atom. The number of carbonyl (C=O) groups excluding carboxylic acids is 1. The van der Waals surface area contributed by atoms with Crippen LogP contribution in [0.5, 0.6) is 0 Å². The summed E-state index contributed by atoms with van der Waals surface area (Å²) in [4.78, 5) is 22.7. The molecule has 2 aromatic heterocycles. The first-order valence-corrected chi connectivity index (χ1v) is 6.72. The van der Waals surface area contributed by atoms with E-state index in [9.17, 15) is 4.79 Å². The molecule has 1 N–H and O–H groups in total. The van der Waals surface area contributed by atoms with E-state index in [1.165, 1.54) is 0 Å². The van der Waals surface area contributed by atoms with Crippen LogP contribution in [-0.4, -0.2) is 51.0 Å². The van der Waals surface area contributed by atoms with E-state index in [0.29, 0.717) is 11.4 Å². The molecule has 6 heteroatoms. The van der Waals surface area contributed by atoms with E-state index < -0.39 is 0 Å². The fourth-order valence-electron chi connectivity index (χ4n) is 2.40. The van der Waals surface area contributed by atoms with Crippen LogP contribution in [0.3, 0.4) is 0 Å². The molecular formula is C14H17N5O. The second-order valence-electron chi connectivity index (χ2n) is 4.92. The molecule has 0 saturated carbocycles. The zero-order chi connectivity index (χ0) is 13.9. The summed E-state index contributed by atoms with van der Waals surface area (Å²) in [6.07, 6.45) is 6.83. The number of hydrogen-bond donors (Lipinski definition) is 1. The average molecular weight is 271 g/mol. The number of carbonyl (C=O) groups is 1. The summed E-state index contributed by atoms with van der Waals surface area (Å²) in [6.45, 7) is 4.48. The van der Waals surface area contributed by atoms with Crippen molar-refractivity contribution in [3.8, 4) is 5.82 Å². The lowest BCUT2D eigenvalue weighted by molar-refractivity contribution is 0.0655. The minimum absolute atomic E-state index is 0.0581. The summed E-state index contributed by atoms with van der Waals surface area (Å²) in [5.74, 6) is 0.763. The molecule has 104 valence electrons. The first-order valence-electron chi connectivity index (χ1n) is 6.72. The Morgan fingerprint density at radius 1 is 1.45 bits per heavy atom. The van der Waals surface area contributed by atoms with E-state index in [1.807, 2.05) is 11.1 Å². The lowest BCUT2D eigenvalue weighted by atomic mass is 10.1. The molecule has 0 aliphatic carbocycles. The molecule has 0 aromatic carbocycles. The van der Waals surface area contributed by atoms with Crippen molar-refractivity contribution in [3.05, 3.63) is 42.6 Å². The molecule has 0 spiro atoms. The summed E-state index contributed by atoms with van der Waals surface area (Å²) in [6, 6.07) is 3.78. The minimum atomic E-state index is 0.0581. The summed E-state index contributed by atoms with van der Waals surface area (Å²) < 4.78 is 1.79. The van der Waals surface area contributed by atoms with E-state index in [1.54, 1.807) is 35.4 Å². The van der Waals surface area contributed by atoms with Gasteiger partial charge in [-0.2, -0.15) is 0 Å². The van der Waals surface area contributed by atoms with Crippen LogP contribution in [0.25, 0.3) is 5.82 Å². The van der Waals surface area contributed by atoms with Crippen molar-refractivity contribution < 1.29 is 4.79 Å². The van der Waals surface area contributed by atoms with E-state index in [-0.39, 0.29) is 11.9 Å². The number of amides is 1. The maximum atomic E-state index is 12.6. The maximum Gasteiger partial charge on any atom is 0.254 e. The summed E-state index contributed by atoms with van der Waals surface area (Å²) >= 11 is 0. The third-order valence-corrected chi connectivity index (χ3v) is 3.52. The highest BCUT2D eigenvalue weighted by atomic mass is 16.2. The molecule has 1 atom stereocenters. The first-order chi connectivity index (χ1) is 9.75. The second-order valence-corrected chi connectivity index (χ2v) is 4.92. The molecule has 1 aliphatic heterocycles. The van der Waals surface area contributed by atoms with Gasteiger partial charge in [-0.15, -0.1) is 0 Å². The van der Waals surface area contributed by atoms with E-state index in [4.69, 9.17) is 0 Å². The molecule has 1 saturated heterocycles. The van der Waals surface area contributed by atoms with Gasteiger partial charge in [-0.3, -0.25) is 9.36 Å². The van der Waals surface area contributed by atoms with Gasteiger partial charge in [0.05, 0.1) is 0 Å². The summed E-state index contributed by atoms with van der Waals surface area (Å²) in [5.41, 5.74) is 0.664. The highest BCUT2D eigenvalue weighted by Gasteiger charge is 2.24. The Morgan fingerprint density at radius 3 is 3.10 bits per heavy atom. The van der Waals surface area contributed by atoms with Crippen LogP contribution in [0.4, 0.5) is 0 Å². The topological polar surface area (TPSA) is 63.1 Å². The van der Waals surface area contributed by atoms with E-state index in [2.05, 4.69) is 22.2 Å². The fraction of sp³-hybridized carbons (Fsp3) is 0.357. The third-order valence-electron chi connectivity index (χ3n) is 3.52. The van der Waals surface area contributed by atoms with Crippen LogP contribution in [0, 0.1) is 0 Å². The standard InChI is InChI=1S/C14H17N5O/c1-11-9-15-5-7-19(11)14(20)12-2-3-17-13(8-12)18-6-4-16-10-18/h2-4,6,8,10-11,15H,5,7,9H2,1H3/t11-/m0/s1. The number of nitrogens with one attached hydrogen (secondary N) is 1. The fourth-order valence-corrected chi connectivity index (χ4v) is 2.40. The van der Waals surface area contributed by atoms with Crippen molar-refractivity contribution in [1.82, 2.24) is 24.8 Å². The normalized spacial score (nSPS) is 19.1. The molecule has 1 amide bonds. The van der Waals surface area contributed by atoms with Crippen molar-refractivity contribution in [2.45, 2.75) is 13.0 Å². The van der Waals surface area contributed by atoms with Crippen molar-refractivity contribution in [2.75, 3.05) is 19.6 Å². The Kier molecular flexibility index (Phi) is 3.47. The molecular weight excluding hydrogens is 254 g/mol. The van der Waals surface area contributed by atoms with Crippen molar-refractivity contribution in [1.29, 1.82) is 0 Å². The van der Waals surface area contributed by atoms with Crippen LogP contribution in [0.2, 0.25) is 0 Å².